The van der Waals surface area contributed by atoms with Gasteiger partial charge in [0.15, 0.2) is 41.2 Å². The standard InChI is InChI=1S/C24H22F3N3O5S2.C23H24F3N3O4S2.C23H21F3N2O3S2.C23H21F3N2OS2.CH2Cl2/c1-3-4-5-18-19(36-22(28-18)14-6-8-15(9-7-14)24(25,26)27)13-34-16-10-11-17(20(12-16)37(2,32)33)21-29-23(31)35-30-21;1-3-4-5-18-19(34-22(28-18)14-6-8-15(9-7-14)23(24,25)26)13-33-16-10-11-17(21(27)29-30)20(12-16)35(2,31)32;1-3-4-5-19-20(14-31-18-11-8-16(13-27)21(12-18)33(2,29)30)32-22(28-19)15-6-9-17(10-7-15)23(24,25)26;1-3-4-5-19-21(14-29-18-11-8-16(13-27)20(12-18)30-2)31-22(28-19)15-6-9-17(10-7-15)23(24,25)26;2-1-3/h6-12H,3-5,13H2,1-2H3,(H,29,30,31);6-12,30H,3-5,13H2,1-2H3,(H2,27,29);6-12H,3-5,14H2,1-2H3;6-12H,3-5,14H2,1-2H3;1H2. The quantitative estimate of drug-likeness (QED) is 0.00641. The zero-order valence-corrected chi connectivity index (χ0v) is 83.3. The Labute approximate surface area is 823 Å². The maximum Gasteiger partial charge on any atom is 0.439 e. The molecule has 0 unspecified atom stereocenters. The molecule has 4 N–H and O–H groups in total. The van der Waals surface area contributed by atoms with Gasteiger partial charge in [-0.1, -0.05) is 112 Å². The summed E-state index contributed by atoms with van der Waals surface area (Å²) in [7, 11) is -11.0. The van der Waals surface area contributed by atoms with Crippen LogP contribution in [0.25, 0.3) is 53.7 Å². The lowest BCUT2D eigenvalue weighted by Gasteiger charge is -2.11. The molecule has 13 rings (SSSR count). The van der Waals surface area contributed by atoms with Crippen LogP contribution >= 0.6 is 80.3 Å². The van der Waals surface area contributed by atoms with E-state index in [4.69, 9.17) is 68.6 Å². The molecule has 0 spiro atoms. The van der Waals surface area contributed by atoms with Gasteiger partial charge in [-0.25, -0.2) is 50.0 Å². The lowest BCUT2D eigenvalue weighted by Crippen LogP contribution is -2.17. The zero-order chi connectivity index (χ0) is 102. The number of hydrogen-bond acceptors (Lipinski definition) is 26. The lowest BCUT2D eigenvalue weighted by atomic mass is 10.1. The van der Waals surface area contributed by atoms with E-state index in [1.807, 2.05) is 39.2 Å². The largest absolute Gasteiger partial charge is 0.488 e. The molecule has 0 saturated carbocycles. The van der Waals surface area contributed by atoms with E-state index in [1.165, 1.54) is 154 Å². The van der Waals surface area contributed by atoms with Gasteiger partial charge in [-0.3, -0.25) is 9.51 Å². The van der Waals surface area contributed by atoms with Crippen molar-refractivity contribution in [2.24, 2.45) is 10.9 Å². The van der Waals surface area contributed by atoms with Crippen LogP contribution in [0.1, 0.15) is 160 Å². The van der Waals surface area contributed by atoms with Crippen molar-refractivity contribution < 1.29 is 107 Å². The van der Waals surface area contributed by atoms with Crippen LogP contribution < -0.4 is 30.4 Å². The number of alkyl halides is 14. The summed E-state index contributed by atoms with van der Waals surface area (Å²) in [6.07, 6.45) is -2.42. The third-order valence-corrected chi connectivity index (χ3v) is 28.7. The van der Waals surface area contributed by atoms with Gasteiger partial charge < -0.3 is 29.9 Å². The Bertz CT molecular complexity index is 6880. The molecule has 23 nitrogen and oxygen atoms in total. The second-order valence-corrected chi connectivity index (χ2v) is 42.3. The maximum atomic E-state index is 12.9. The summed E-state index contributed by atoms with van der Waals surface area (Å²) in [5.74, 6) is 0.287. The number of H-pyrrole nitrogens is 1. The summed E-state index contributed by atoms with van der Waals surface area (Å²) in [6, 6.07) is 41.7. The second-order valence-electron chi connectivity index (χ2n) is 30.3. The highest BCUT2D eigenvalue weighted by Gasteiger charge is 2.35. The Morgan fingerprint density at radius 3 is 1.01 bits per heavy atom. The van der Waals surface area contributed by atoms with Crippen LogP contribution in [0.15, 0.2) is 204 Å². The summed E-state index contributed by atoms with van der Waals surface area (Å²) in [4.78, 5) is 36.1. The molecule has 0 aliphatic carbocycles. The highest BCUT2D eigenvalue weighted by Crippen LogP contribution is 2.42. The first-order chi connectivity index (χ1) is 65.7. The second kappa shape index (κ2) is 50.1. The fraction of sp³-hybridized carbons (Fsp3) is 0.309. The summed E-state index contributed by atoms with van der Waals surface area (Å²) in [5, 5.41) is 36.3. The normalized spacial score (nSPS) is 11.9. The monoisotopic (exact) mass is 2120 g/mol. The van der Waals surface area contributed by atoms with Gasteiger partial charge in [0, 0.05) is 63.1 Å². The van der Waals surface area contributed by atoms with Crippen molar-refractivity contribution >= 4 is 116 Å². The van der Waals surface area contributed by atoms with Crippen molar-refractivity contribution in [3.63, 3.8) is 0 Å². The average Bonchev–Trinajstić information content (AvgIpc) is 0.935. The number of halogens is 14. The van der Waals surface area contributed by atoms with Crippen LogP contribution in [-0.4, -0.2) is 96.7 Å². The Morgan fingerprint density at radius 2 is 0.741 bits per heavy atom. The van der Waals surface area contributed by atoms with Gasteiger partial charge >= 0.3 is 30.5 Å². The van der Waals surface area contributed by atoms with Crippen molar-refractivity contribution in [1.82, 2.24) is 30.1 Å². The number of aromatic amines is 1. The Kier molecular flexibility index (Phi) is 40.1. The van der Waals surface area contributed by atoms with Gasteiger partial charge in [0.25, 0.3) is 0 Å². The van der Waals surface area contributed by atoms with Crippen LogP contribution in [0.3, 0.4) is 0 Å². The van der Waals surface area contributed by atoms with E-state index in [2.05, 4.69) is 47.8 Å². The van der Waals surface area contributed by atoms with E-state index >= 15 is 0 Å². The molecule has 0 fully saturated rings. The molecule has 5 heterocycles. The molecule has 0 radical (unpaired) electrons. The molecular weight excluding hydrogens is 2030 g/mol. The fourth-order valence-corrected chi connectivity index (χ4v) is 20.2. The van der Waals surface area contributed by atoms with Crippen molar-refractivity contribution in [1.29, 1.82) is 10.5 Å². The number of aromatic nitrogens is 6. The molecule has 139 heavy (non-hydrogen) atoms. The molecule has 8 aromatic carbocycles. The molecule has 5 aromatic heterocycles. The number of hydrogen-bond donors (Lipinski definition) is 3. The Balaban J connectivity index is 0.000000206. The molecule has 0 amide bonds. The van der Waals surface area contributed by atoms with Gasteiger partial charge in [-0.15, -0.1) is 80.3 Å². The molecule has 740 valence electrons. The number of aryl methyl sites for hydroxylation is 4. The SMILES string of the molecule is CCCCc1nc(-c2ccc(C(F)(F)F)cc2)sc1COc1ccc(-c2noc(=O)[nH]2)c(S(C)(=O)=O)c1.CCCCc1nc(-c2ccc(C(F)(F)F)cc2)sc1COc1ccc(C#N)c(S(C)(=O)=O)c1.CCCCc1nc(-c2ccc(C(F)(F)F)cc2)sc1COc1ccc(C#N)c(SC)c1.CCCCc1nc(-c2ccc(C(F)(F)F)cc2)sc1COc1ccc(C(N)=NO)c(S(C)(=O)=O)c1.ClCCl. The molecular formula is C94H90Cl2F12N10O13S8. The number of nitrogens with zero attached hydrogens (tertiary/aromatic N) is 8. The van der Waals surface area contributed by atoms with Crippen LogP contribution in [0.5, 0.6) is 23.0 Å². The van der Waals surface area contributed by atoms with Gasteiger partial charge in [-0.2, -0.15) is 63.2 Å². The molecule has 0 atom stereocenters. The number of oxime groups is 1. The van der Waals surface area contributed by atoms with Crippen molar-refractivity contribution in [2.75, 3.05) is 30.4 Å². The van der Waals surface area contributed by atoms with Crippen LogP contribution in [0.2, 0.25) is 0 Å². The van der Waals surface area contributed by atoms with Crippen molar-refractivity contribution in [3.05, 3.63) is 262 Å². The van der Waals surface area contributed by atoms with E-state index < -0.39 is 82.2 Å². The molecule has 0 bridgehead atoms. The molecule has 0 aliphatic heterocycles. The number of unbranched alkanes of at least 4 members (excludes halogenated alkanes) is 4. The highest BCUT2D eigenvalue weighted by atomic mass is 35.5. The number of rotatable bonds is 34. The molecule has 0 aliphatic rings. The minimum Gasteiger partial charge on any atom is -0.488 e. The number of nitrogens with one attached hydrogen (secondary N) is 1. The third kappa shape index (κ3) is 32.1. The number of nitrogens with two attached hydrogens (primary N) is 1. The van der Waals surface area contributed by atoms with E-state index in [-0.39, 0.29) is 79.7 Å². The predicted octanol–water partition coefficient (Wildman–Crippen LogP) is 25.5. The fourth-order valence-electron chi connectivity index (χ4n) is 12.9. The van der Waals surface area contributed by atoms with E-state index in [9.17, 15) is 82.7 Å². The maximum absolute atomic E-state index is 12.9. The minimum atomic E-state index is -4.42. The summed E-state index contributed by atoms with van der Waals surface area (Å²) in [6.45, 7) is 8.82. The number of benzene rings is 8. The highest BCUT2D eigenvalue weighted by molar-refractivity contribution is 7.98. The third-order valence-electron chi connectivity index (χ3n) is 20.0. The molecule has 0 saturated heterocycles. The Hall–Kier alpha value is -11.4. The number of ether oxygens (including phenoxy) is 4. The summed E-state index contributed by atoms with van der Waals surface area (Å²) < 4.78 is 256. The minimum absolute atomic E-state index is 0.0255. The summed E-state index contributed by atoms with van der Waals surface area (Å²) in [5.41, 5.74) is 9.22. The summed E-state index contributed by atoms with van der Waals surface area (Å²) >= 11 is 16.4. The number of amidine groups is 1. The number of thiazole rings is 4. The van der Waals surface area contributed by atoms with Crippen LogP contribution in [-0.2, 0) is 106 Å². The van der Waals surface area contributed by atoms with Crippen LogP contribution in [0, 0.1) is 22.7 Å². The van der Waals surface area contributed by atoms with Crippen molar-refractivity contribution in [2.45, 2.75) is 175 Å². The van der Waals surface area contributed by atoms with E-state index in [0.29, 0.717) is 85.2 Å². The predicted molar refractivity (Wildman–Crippen MR) is 513 cm³/mol. The van der Waals surface area contributed by atoms with Gasteiger partial charge in [0.2, 0.25) is 0 Å². The number of thioether (sulfide) groups is 1. The topological polar surface area (TPSA) is 356 Å². The molecule has 13 aromatic rings. The molecule has 45 heteroatoms. The first kappa shape index (κ1) is 111. The van der Waals surface area contributed by atoms with Gasteiger partial charge in [0.1, 0.15) is 81.6 Å². The lowest BCUT2D eigenvalue weighted by molar-refractivity contribution is -0.138. The van der Waals surface area contributed by atoms with Gasteiger partial charge in [-0.05, 0) is 173 Å². The Morgan fingerprint density at radius 1 is 0.453 bits per heavy atom. The first-order valence-electron chi connectivity index (χ1n) is 42.0. The van der Waals surface area contributed by atoms with E-state index in [0.717, 1.165) is 172 Å². The number of sulfone groups is 3. The smallest absolute Gasteiger partial charge is 0.439 e. The van der Waals surface area contributed by atoms with Crippen molar-refractivity contribution in [3.8, 4) is 88.8 Å². The first-order valence-corrected chi connectivity index (χ1v) is 53.2. The van der Waals surface area contributed by atoms with E-state index in [1.54, 1.807) is 18.2 Å². The average molecular weight is 2120 g/mol. The van der Waals surface area contributed by atoms with Crippen LogP contribution in [0.4, 0.5) is 52.7 Å². The van der Waals surface area contributed by atoms with Gasteiger partial charge in [0.05, 0.1) is 95.7 Å². The zero-order valence-electron chi connectivity index (χ0n) is 75.2. The number of nitriles is 2.